The lowest BCUT2D eigenvalue weighted by atomic mass is 10.1. The average Bonchev–Trinajstić information content (AvgIpc) is 2.53. The maximum absolute atomic E-state index is 12.4. The first-order valence-electron chi connectivity index (χ1n) is 7.86. The molecule has 3 rings (SSSR count). The summed E-state index contributed by atoms with van der Waals surface area (Å²) in [6.45, 7) is 7.22. The summed E-state index contributed by atoms with van der Waals surface area (Å²) in [6, 6.07) is 8.89. The number of nitrogens with one attached hydrogen (secondary N) is 2. The van der Waals surface area contributed by atoms with E-state index in [1.165, 1.54) is 0 Å². The van der Waals surface area contributed by atoms with Gasteiger partial charge in [-0.05, 0) is 45.0 Å². The molecule has 6 nitrogen and oxygen atoms in total. The van der Waals surface area contributed by atoms with E-state index in [2.05, 4.69) is 36.4 Å². The molecule has 0 radical (unpaired) electrons. The van der Waals surface area contributed by atoms with Crippen molar-refractivity contribution >= 4 is 17.3 Å². The fourth-order valence-electron chi connectivity index (χ4n) is 2.38. The first kappa shape index (κ1) is 16.1. The molecule has 0 spiro atoms. The number of rotatable bonds is 3. The number of nitrogens with zero attached hydrogens (tertiary/aromatic N) is 1. The van der Waals surface area contributed by atoms with Gasteiger partial charge in [-0.2, -0.15) is 0 Å². The molecule has 1 aliphatic rings. The maximum Gasteiger partial charge on any atom is 0.274 e. The molecule has 2 N–H and O–H groups in total. The number of benzene rings is 1. The van der Waals surface area contributed by atoms with E-state index in [1.54, 1.807) is 30.5 Å². The molecule has 0 bridgehead atoms. The van der Waals surface area contributed by atoms with Crippen LogP contribution in [0.15, 0.2) is 36.5 Å². The maximum atomic E-state index is 12.4. The van der Waals surface area contributed by atoms with Gasteiger partial charge in [0.1, 0.15) is 18.9 Å². The van der Waals surface area contributed by atoms with Gasteiger partial charge < -0.3 is 20.1 Å². The highest BCUT2D eigenvalue weighted by atomic mass is 16.6. The van der Waals surface area contributed by atoms with E-state index in [1.807, 2.05) is 6.07 Å². The lowest BCUT2D eigenvalue weighted by Gasteiger charge is -2.22. The number of ether oxygens (including phenoxy) is 2. The zero-order valence-corrected chi connectivity index (χ0v) is 14.1. The van der Waals surface area contributed by atoms with Gasteiger partial charge in [-0.3, -0.25) is 9.78 Å². The zero-order chi connectivity index (χ0) is 17.2. The number of carbonyl (C=O) groups is 1. The number of fused-ring (bicyclic) bond motifs is 1. The van der Waals surface area contributed by atoms with E-state index in [4.69, 9.17) is 9.47 Å². The van der Waals surface area contributed by atoms with E-state index in [9.17, 15) is 4.79 Å². The molecule has 2 heterocycles. The van der Waals surface area contributed by atoms with Gasteiger partial charge in [-0.1, -0.05) is 0 Å². The largest absolute Gasteiger partial charge is 0.486 e. The second kappa shape index (κ2) is 6.39. The third kappa shape index (κ3) is 3.95. The Kier molecular flexibility index (Phi) is 4.29. The molecule has 0 saturated carbocycles. The first-order valence-corrected chi connectivity index (χ1v) is 7.86. The molecule has 126 valence electrons. The fourth-order valence-corrected chi connectivity index (χ4v) is 2.38. The summed E-state index contributed by atoms with van der Waals surface area (Å²) in [5.41, 5.74) is 1.74. The molecule has 0 atom stereocenters. The van der Waals surface area contributed by atoms with Gasteiger partial charge in [-0.25, -0.2) is 0 Å². The Morgan fingerprint density at radius 3 is 2.54 bits per heavy atom. The fraction of sp³-hybridized carbons (Fsp3) is 0.333. The molecule has 24 heavy (non-hydrogen) atoms. The number of hydrogen-bond donors (Lipinski definition) is 2. The molecule has 1 aliphatic heterocycles. The molecule has 0 fully saturated rings. The average molecular weight is 327 g/mol. The highest BCUT2D eigenvalue weighted by molar-refractivity contribution is 6.03. The Balaban J connectivity index is 1.74. The number of pyridine rings is 1. The summed E-state index contributed by atoms with van der Waals surface area (Å²) in [5, 5.41) is 6.16. The van der Waals surface area contributed by atoms with Gasteiger partial charge in [0, 0.05) is 29.2 Å². The first-order chi connectivity index (χ1) is 11.4. The van der Waals surface area contributed by atoms with E-state index in [-0.39, 0.29) is 11.4 Å². The lowest BCUT2D eigenvalue weighted by molar-refractivity contribution is 0.102. The summed E-state index contributed by atoms with van der Waals surface area (Å²) in [4.78, 5) is 16.6. The van der Waals surface area contributed by atoms with Crippen LogP contribution < -0.4 is 20.1 Å². The van der Waals surface area contributed by atoms with Crippen molar-refractivity contribution in [3.05, 3.63) is 42.2 Å². The zero-order valence-electron chi connectivity index (χ0n) is 14.1. The Morgan fingerprint density at radius 2 is 1.79 bits per heavy atom. The van der Waals surface area contributed by atoms with Crippen LogP contribution in [0.4, 0.5) is 11.4 Å². The van der Waals surface area contributed by atoms with Gasteiger partial charge in [0.2, 0.25) is 0 Å². The lowest BCUT2D eigenvalue weighted by Crippen LogP contribution is -2.26. The van der Waals surface area contributed by atoms with Crippen LogP contribution in [0.25, 0.3) is 0 Å². The number of hydrogen-bond acceptors (Lipinski definition) is 5. The smallest absolute Gasteiger partial charge is 0.274 e. The highest BCUT2D eigenvalue weighted by Crippen LogP contribution is 2.32. The van der Waals surface area contributed by atoms with Gasteiger partial charge in [0.05, 0.1) is 0 Å². The summed E-state index contributed by atoms with van der Waals surface area (Å²) in [6.07, 6.45) is 1.62. The normalized spacial score (nSPS) is 13.3. The van der Waals surface area contributed by atoms with Crippen molar-refractivity contribution in [3.63, 3.8) is 0 Å². The van der Waals surface area contributed by atoms with Crippen molar-refractivity contribution in [2.45, 2.75) is 26.3 Å². The van der Waals surface area contributed by atoms with Crippen molar-refractivity contribution in [2.24, 2.45) is 0 Å². The number of carbonyl (C=O) groups excluding carboxylic acids is 1. The van der Waals surface area contributed by atoms with Crippen molar-refractivity contribution < 1.29 is 14.3 Å². The molecule has 2 aromatic rings. The second-order valence-corrected chi connectivity index (χ2v) is 6.62. The monoisotopic (exact) mass is 327 g/mol. The van der Waals surface area contributed by atoms with E-state index in [0.717, 1.165) is 5.69 Å². The highest BCUT2D eigenvalue weighted by Gasteiger charge is 2.15. The predicted molar refractivity (Wildman–Crippen MR) is 93.0 cm³/mol. The van der Waals surface area contributed by atoms with Gasteiger partial charge in [0.15, 0.2) is 11.5 Å². The van der Waals surface area contributed by atoms with Crippen LogP contribution in [-0.2, 0) is 0 Å². The molecule has 6 heteroatoms. The third-order valence-corrected chi connectivity index (χ3v) is 3.31. The Bertz CT molecular complexity index is 753. The molecule has 1 amide bonds. The quantitative estimate of drug-likeness (QED) is 0.905. The Hall–Kier alpha value is -2.76. The van der Waals surface area contributed by atoms with Crippen LogP contribution in [-0.4, -0.2) is 29.6 Å². The minimum Gasteiger partial charge on any atom is -0.486 e. The molecular formula is C18H21N3O3. The van der Waals surface area contributed by atoms with E-state index < -0.39 is 0 Å². The second-order valence-electron chi connectivity index (χ2n) is 6.62. The number of amides is 1. The van der Waals surface area contributed by atoms with Gasteiger partial charge in [-0.15, -0.1) is 0 Å². The Morgan fingerprint density at radius 1 is 1.04 bits per heavy atom. The summed E-state index contributed by atoms with van der Waals surface area (Å²) >= 11 is 0. The molecule has 0 aliphatic carbocycles. The number of anilines is 2. The van der Waals surface area contributed by atoms with Crippen LogP contribution in [0.1, 0.15) is 31.3 Å². The van der Waals surface area contributed by atoms with Gasteiger partial charge >= 0.3 is 0 Å². The predicted octanol–water partition coefficient (Wildman–Crippen LogP) is 3.32. The summed E-state index contributed by atoms with van der Waals surface area (Å²) in [7, 11) is 0. The van der Waals surface area contributed by atoms with Crippen molar-refractivity contribution in [2.75, 3.05) is 23.8 Å². The molecule has 0 unspecified atom stereocenters. The van der Waals surface area contributed by atoms with Crippen molar-refractivity contribution in [1.29, 1.82) is 0 Å². The third-order valence-electron chi connectivity index (χ3n) is 3.31. The van der Waals surface area contributed by atoms with Crippen molar-refractivity contribution in [3.8, 4) is 11.5 Å². The van der Waals surface area contributed by atoms with E-state index >= 15 is 0 Å². The van der Waals surface area contributed by atoms with Crippen molar-refractivity contribution in [1.82, 2.24) is 4.98 Å². The summed E-state index contributed by atoms with van der Waals surface area (Å²) < 4.78 is 11.0. The van der Waals surface area contributed by atoms with Crippen LogP contribution in [0, 0.1) is 0 Å². The number of aromatic nitrogens is 1. The van der Waals surface area contributed by atoms with Crippen LogP contribution in [0.5, 0.6) is 11.5 Å². The standard InChI is InChI=1S/C18H21N3O3/c1-18(2,3)21-13-6-7-19-14(10-13)17(22)20-12-4-5-15-16(11-12)24-9-8-23-15/h4-7,10-11H,8-9H2,1-3H3,(H,19,21)(H,20,22). The van der Waals surface area contributed by atoms with Crippen LogP contribution in [0.3, 0.4) is 0 Å². The van der Waals surface area contributed by atoms with Crippen LogP contribution in [0.2, 0.25) is 0 Å². The molecule has 0 saturated heterocycles. The minimum absolute atomic E-state index is 0.0923. The van der Waals surface area contributed by atoms with E-state index in [0.29, 0.717) is 36.1 Å². The van der Waals surface area contributed by atoms with Gasteiger partial charge in [0.25, 0.3) is 5.91 Å². The molecule has 1 aromatic heterocycles. The topological polar surface area (TPSA) is 72.5 Å². The molecular weight excluding hydrogens is 306 g/mol. The SMILES string of the molecule is CC(C)(C)Nc1ccnc(C(=O)Nc2ccc3c(c2)OCCO3)c1. The minimum atomic E-state index is -0.274. The summed E-state index contributed by atoms with van der Waals surface area (Å²) in [5.74, 6) is 1.05. The van der Waals surface area contributed by atoms with Crippen LogP contribution >= 0.6 is 0 Å². The molecule has 1 aromatic carbocycles. The Labute approximate surface area is 141 Å².